The van der Waals surface area contributed by atoms with Crippen LogP contribution in [0.4, 0.5) is 11.6 Å². The zero-order chi connectivity index (χ0) is 12.8. The fourth-order valence-electron chi connectivity index (χ4n) is 2.31. The molecule has 5 nitrogen and oxygen atoms in total. The van der Waals surface area contributed by atoms with E-state index in [9.17, 15) is 0 Å². The van der Waals surface area contributed by atoms with E-state index in [4.69, 9.17) is 5.11 Å². The van der Waals surface area contributed by atoms with Crippen LogP contribution in [-0.4, -0.2) is 41.3 Å². The van der Waals surface area contributed by atoms with Crippen molar-refractivity contribution in [2.75, 3.05) is 36.5 Å². The molecule has 100 valence electrons. The summed E-state index contributed by atoms with van der Waals surface area (Å²) in [4.78, 5) is 11.1. The van der Waals surface area contributed by atoms with Crippen LogP contribution >= 0.6 is 0 Å². The van der Waals surface area contributed by atoms with Crippen molar-refractivity contribution in [3.05, 3.63) is 12.4 Å². The number of aliphatic hydroxyl groups excluding tert-OH is 1. The van der Waals surface area contributed by atoms with Crippen LogP contribution in [0.3, 0.4) is 0 Å². The van der Waals surface area contributed by atoms with E-state index in [1.807, 2.05) is 6.20 Å². The SMILES string of the molecule is CCCNc1cncc(N2CCC(CCO)C2)n1. The Morgan fingerprint density at radius 2 is 2.39 bits per heavy atom. The molecule has 2 heterocycles. The molecule has 1 unspecified atom stereocenters. The first-order valence-electron chi connectivity index (χ1n) is 6.75. The molecule has 18 heavy (non-hydrogen) atoms. The summed E-state index contributed by atoms with van der Waals surface area (Å²) in [6.45, 7) is 5.32. The van der Waals surface area contributed by atoms with Crippen LogP contribution in [0.1, 0.15) is 26.2 Å². The lowest BCUT2D eigenvalue weighted by Gasteiger charge is -2.17. The van der Waals surface area contributed by atoms with Crippen LogP contribution < -0.4 is 10.2 Å². The second kappa shape index (κ2) is 6.54. The maximum Gasteiger partial charge on any atom is 0.149 e. The quantitative estimate of drug-likeness (QED) is 0.801. The van der Waals surface area contributed by atoms with Crippen molar-refractivity contribution >= 4 is 11.6 Å². The molecule has 0 bridgehead atoms. The lowest BCUT2D eigenvalue weighted by molar-refractivity contribution is 0.263. The van der Waals surface area contributed by atoms with Gasteiger partial charge in [-0.2, -0.15) is 0 Å². The number of nitrogens with zero attached hydrogens (tertiary/aromatic N) is 3. The number of nitrogens with one attached hydrogen (secondary N) is 1. The molecule has 0 amide bonds. The Balaban J connectivity index is 1.96. The highest BCUT2D eigenvalue weighted by molar-refractivity contribution is 5.44. The van der Waals surface area contributed by atoms with Crippen molar-refractivity contribution in [1.29, 1.82) is 0 Å². The molecule has 1 fully saturated rings. The van der Waals surface area contributed by atoms with Crippen molar-refractivity contribution < 1.29 is 5.11 Å². The second-order valence-electron chi connectivity index (χ2n) is 4.80. The number of hydrogen-bond donors (Lipinski definition) is 2. The minimum atomic E-state index is 0.280. The van der Waals surface area contributed by atoms with Gasteiger partial charge in [0.05, 0.1) is 12.4 Å². The molecule has 0 saturated carbocycles. The third-order valence-corrected chi connectivity index (χ3v) is 3.33. The van der Waals surface area contributed by atoms with Gasteiger partial charge >= 0.3 is 0 Å². The highest BCUT2D eigenvalue weighted by Crippen LogP contribution is 2.24. The highest BCUT2D eigenvalue weighted by Gasteiger charge is 2.23. The molecular formula is C13H22N4O. The molecule has 1 aromatic rings. The first-order valence-corrected chi connectivity index (χ1v) is 6.75. The van der Waals surface area contributed by atoms with Crippen LogP contribution in [0.5, 0.6) is 0 Å². The van der Waals surface area contributed by atoms with Gasteiger partial charge in [-0.3, -0.25) is 4.98 Å². The molecule has 0 radical (unpaired) electrons. The van der Waals surface area contributed by atoms with Gasteiger partial charge in [-0.25, -0.2) is 4.98 Å². The topological polar surface area (TPSA) is 61.3 Å². The van der Waals surface area contributed by atoms with Crippen LogP contribution in [0.25, 0.3) is 0 Å². The Hall–Kier alpha value is -1.36. The van der Waals surface area contributed by atoms with Gasteiger partial charge in [-0.05, 0) is 25.2 Å². The second-order valence-corrected chi connectivity index (χ2v) is 4.80. The zero-order valence-electron chi connectivity index (χ0n) is 11.0. The van der Waals surface area contributed by atoms with Gasteiger partial charge in [0, 0.05) is 26.2 Å². The molecule has 1 saturated heterocycles. The molecule has 0 aromatic carbocycles. The average molecular weight is 250 g/mol. The standard InChI is InChI=1S/C13H22N4O/c1-2-5-15-12-8-14-9-13(16-12)17-6-3-11(10-17)4-7-18/h8-9,11,18H,2-7,10H2,1H3,(H,15,16). The van der Waals surface area contributed by atoms with E-state index in [1.54, 1.807) is 6.20 Å². The molecule has 2 N–H and O–H groups in total. The van der Waals surface area contributed by atoms with E-state index in [-0.39, 0.29) is 6.61 Å². The summed E-state index contributed by atoms with van der Waals surface area (Å²) in [6.07, 6.45) is 6.68. The summed E-state index contributed by atoms with van der Waals surface area (Å²) in [6, 6.07) is 0. The summed E-state index contributed by atoms with van der Waals surface area (Å²) >= 11 is 0. The third kappa shape index (κ3) is 3.32. The van der Waals surface area contributed by atoms with E-state index < -0.39 is 0 Å². The molecule has 2 rings (SSSR count). The van der Waals surface area contributed by atoms with Gasteiger partial charge in [-0.15, -0.1) is 0 Å². The predicted octanol–water partition coefficient (Wildman–Crippen LogP) is 1.51. The number of aliphatic hydroxyl groups is 1. The Kier molecular flexibility index (Phi) is 4.75. The van der Waals surface area contributed by atoms with Crippen molar-refractivity contribution in [3.8, 4) is 0 Å². The first kappa shape index (κ1) is 13.1. The zero-order valence-corrected chi connectivity index (χ0v) is 11.0. The first-order chi connectivity index (χ1) is 8.83. The minimum Gasteiger partial charge on any atom is -0.396 e. The van der Waals surface area contributed by atoms with Gasteiger partial charge in [0.15, 0.2) is 0 Å². The van der Waals surface area contributed by atoms with Crippen molar-refractivity contribution in [2.24, 2.45) is 5.92 Å². The van der Waals surface area contributed by atoms with Crippen LogP contribution in [0.2, 0.25) is 0 Å². The lowest BCUT2D eigenvalue weighted by Crippen LogP contribution is -2.21. The highest BCUT2D eigenvalue weighted by atomic mass is 16.3. The average Bonchev–Trinajstić information content (AvgIpc) is 2.86. The van der Waals surface area contributed by atoms with Crippen molar-refractivity contribution in [2.45, 2.75) is 26.2 Å². The van der Waals surface area contributed by atoms with Gasteiger partial charge in [-0.1, -0.05) is 6.92 Å². The molecule has 1 aromatic heterocycles. The summed E-state index contributed by atoms with van der Waals surface area (Å²) < 4.78 is 0. The van der Waals surface area contributed by atoms with Crippen LogP contribution in [0.15, 0.2) is 12.4 Å². The maximum absolute atomic E-state index is 8.97. The Morgan fingerprint density at radius 3 is 3.17 bits per heavy atom. The smallest absolute Gasteiger partial charge is 0.149 e. The van der Waals surface area contributed by atoms with Crippen molar-refractivity contribution in [3.63, 3.8) is 0 Å². The van der Waals surface area contributed by atoms with Gasteiger partial charge < -0.3 is 15.3 Å². The summed E-state index contributed by atoms with van der Waals surface area (Å²) in [5.74, 6) is 2.38. The predicted molar refractivity (Wildman–Crippen MR) is 72.8 cm³/mol. The largest absolute Gasteiger partial charge is 0.396 e. The molecule has 0 spiro atoms. The molecule has 1 atom stereocenters. The molecule has 0 aliphatic carbocycles. The molecule has 1 aliphatic rings. The summed E-state index contributed by atoms with van der Waals surface area (Å²) in [5.41, 5.74) is 0. The lowest BCUT2D eigenvalue weighted by atomic mass is 10.1. The normalized spacial score (nSPS) is 19.2. The van der Waals surface area contributed by atoms with Crippen LogP contribution in [-0.2, 0) is 0 Å². The van der Waals surface area contributed by atoms with E-state index in [2.05, 4.69) is 27.1 Å². The Morgan fingerprint density at radius 1 is 1.50 bits per heavy atom. The summed E-state index contributed by atoms with van der Waals surface area (Å²) in [5, 5.41) is 12.2. The van der Waals surface area contributed by atoms with E-state index in [0.29, 0.717) is 5.92 Å². The number of aromatic nitrogens is 2. The van der Waals surface area contributed by atoms with Gasteiger partial charge in [0.1, 0.15) is 11.6 Å². The number of rotatable bonds is 6. The summed E-state index contributed by atoms with van der Waals surface area (Å²) in [7, 11) is 0. The van der Waals surface area contributed by atoms with E-state index in [0.717, 1.165) is 50.5 Å². The Bertz CT molecular complexity index is 372. The monoisotopic (exact) mass is 250 g/mol. The van der Waals surface area contributed by atoms with E-state index in [1.165, 1.54) is 0 Å². The number of anilines is 2. The van der Waals surface area contributed by atoms with Gasteiger partial charge in [0.2, 0.25) is 0 Å². The van der Waals surface area contributed by atoms with Gasteiger partial charge in [0.25, 0.3) is 0 Å². The number of hydrogen-bond acceptors (Lipinski definition) is 5. The third-order valence-electron chi connectivity index (χ3n) is 3.33. The maximum atomic E-state index is 8.97. The molecule has 5 heteroatoms. The molecule has 1 aliphatic heterocycles. The van der Waals surface area contributed by atoms with Crippen molar-refractivity contribution in [1.82, 2.24) is 9.97 Å². The van der Waals surface area contributed by atoms with Crippen LogP contribution in [0, 0.1) is 5.92 Å². The molecular weight excluding hydrogens is 228 g/mol. The Labute approximate surface area is 108 Å². The fraction of sp³-hybridized carbons (Fsp3) is 0.692. The van der Waals surface area contributed by atoms with E-state index >= 15 is 0 Å². The fourth-order valence-corrected chi connectivity index (χ4v) is 2.31. The minimum absolute atomic E-state index is 0.280.